The van der Waals surface area contributed by atoms with Crippen LogP contribution in [0, 0.1) is 6.92 Å². The lowest BCUT2D eigenvalue weighted by molar-refractivity contribution is 0.524. The van der Waals surface area contributed by atoms with Gasteiger partial charge in [0.15, 0.2) is 0 Å². The van der Waals surface area contributed by atoms with Gasteiger partial charge in [-0.15, -0.1) is 0 Å². The van der Waals surface area contributed by atoms with Crippen LogP contribution < -0.4 is 5.32 Å². The molecule has 0 radical (unpaired) electrons. The van der Waals surface area contributed by atoms with Gasteiger partial charge in [0.1, 0.15) is 0 Å². The second-order valence-corrected chi connectivity index (χ2v) is 5.33. The molecule has 0 fully saturated rings. The van der Waals surface area contributed by atoms with E-state index in [-0.39, 0.29) is 0 Å². The molecule has 0 aromatic carbocycles. The first kappa shape index (κ1) is 14.9. The maximum Gasteiger partial charge on any atom is 0.0642 e. The molecule has 20 heavy (non-hydrogen) atoms. The van der Waals surface area contributed by atoms with Crippen LogP contribution >= 0.6 is 0 Å². The van der Waals surface area contributed by atoms with Gasteiger partial charge in [0.2, 0.25) is 0 Å². The summed E-state index contributed by atoms with van der Waals surface area (Å²) in [5.41, 5.74) is 3.69. The van der Waals surface area contributed by atoms with E-state index in [1.165, 1.54) is 11.4 Å². The van der Waals surface area contributed by atoms with Crippen molar-refractivity contribution in [2.45, 2.75) is 53.2 Å². The molecule has 0 aliphatic carbocycles. The maximum atomic E-state index is 4.52. The van der Waals surface area contributed by atoms with Crippen LogP contribution in [0.5, 0.6) is 0 Å². The minimum absolute atomic E-state index is 0.379. The summed E-state index contributed by atoms with van der Waals surface area (Å²) in [6, 6.07) is 6.88. The molecule has 4 nitrogen and oxygen atoms in total. The Hall–Kier alpha value is -1.55. The standard InChI is InChI=1S/C16H26N4/c1-5-9-17-14(4)16-8-7-10-19(16)12-15-11-13(3)18-20(15)6-2/h7-8,10-11,14,17H,5-6,9,12H2,1-4H3. The monoisotopic (exact) mass is 274 g/mol. The first-order chi connectivity index (χ1) is 9.65. The fourth-order valence-corrected chi connectivity index (χ4v) is 2.60. The molecule has 0 aliphatic rings. The van der Waals surface area contributed by atoms with Crippen molar-refractivity contribution in [3.63, 3.8) is 0 Å². The molecule has 1 atom stereocenters. The van der Waals surface area contributed by atoms with Gasteiger partial charge in [-0.2, -0.15) is 5.10 Å². The normalized spacial score (nSPS) is 12.8. The van der Waals surface area contributed by atoms with Crippen molar-refractivity contribution in [3.05, 3.63) is 41.5 Å². The highest BCUT2D eigenvalue weighted by Crippen LogP contribution is 2.16. The van der Waals surface area contributed by atoms with E-state index in [2.05, 4.69) is 71.8 Å². The van der Waals surface area contributed by atoms with Crippen molar-refractivity contribution in [3.8, 4) is 0 Å². The molecule has 1 N–H and O–H groups in total. The Labute approximate surface area is 121 Å². The van der Waals surface area contributed by atoms with Gasteiger partial charge in [0.25, 0.3) is 0 Å². The van der Waals surface area contributed by atoms with E-state index in [0.717, 1.165) is 31.7 Å². The third-order valence-corrected chi connectivity index (χ3v) is 3.63. The minimum Gasteiger partial charge on any atom is -0.344 e. The number of aromatic nitrogens is 3. The summed E-state index contributed by atoms with van der Waals surface area (Å²) in [5.74, 6) is 0. The molecule has 0 bridgehead atoms. The largest absolute Gasteiger partial charge is 0.344 e. The fourth-order valence-electron chi connectivity index (χ4n) is 2.60. The number of nitrogens with zero attached hydrogens (tertiary/aromatic N) is 3. The zero-order valence-electron chi connectivity index (χ0n) is 13.1. The molecule has 110 valence electrons. The highest BCUT2D eigenvalue weighted by molar-refractivity contribution is 5.16. The van der Waals surface area contributed by atoms with Crippen LogP contribution in [-0.2, 0) is 13.1 Å². The van der Waals surface area contributed by atoms with E-state index in [1.807, 2.05) is 0 Å². The average Bonchev–Trinajstić information content (AvgIpc) is 3.03. The first-order valence-electron chi connectivity index (χ1n) is 7.57. The van der Waals surface area contributed by atoms with Gasteiger partial charge in [-0.1, -0.05) is 6.92 Å². The smallest absolute Gasteiger partial charge is 0.0642 e. The second kappa shape index (κ2) is 6.75. The number of nitrogens with one attached hydrogen (secondary N) is 1. The first-order valence-corrected chi connectivity index (χ1v) is 7.57. The van der Waals surface area contributed by atoms with Crippen molar-refractivity contribution < 1.29 is 0 Å². The summed E-state index contributed by atoms with van der Waals surface area (Å²) in [7, 11) is 0. The second-order valence-electron chi connectivity index (χ2n) is 5.33. The number of hydrogen-bond acceptors (Lipinski definition) is 2. The molecular formula is C16H26N4. The molecule has 0 saturated heterocycles. The lowest BCUT2D eigenvalue weighted by Crippen LogP contribution is -2.22. The van der Waals surface area contributed by atoms with E-state index in [9.17, 15) is 0 Å². The summed E-state index contributed by atoms with van der Waals surface area (Å²) in [4.78, 5) is 0. The predicted octanol–water partition coefficient (Wildman–Crippen LogP) is 3.12. The SMILES string of the molecule is CCCNC(C)c1cccn1Cc1cc(C)nn1CC. The van der Waals surface area contributed by atoms with Gasteiger partial charge in [-0.05, 0) is 51.9 Å². The Bertz CT molecular complexity index is 538. The molecular weight excluding hydrogens is 248 g/mol. The third kappa shape index (κ3) is 3.31. The summed E-state index contributed by atoms with van der Waals surface area (Å²) < 4.78 is 4.40. The predicted molar refractivity (Wildman–Crippen MR) is 82.9 cm³/mol. The van der Waals surface area contributed by atoms with Crippen LogP contribution in [0.1, 0.15) is 50.3 Å². The third-order valence-electron chi connectivity index (χ3n) is 3.63. The molecule has 0 aliphatic heterocycles. The van der Waals surface area contributed by atoms with Gasteiger partial charge < -0.3 is 9.88 Å². The Morgan fingerprint density at radius 3 is 2.85 bits per heavy atom. The van der Waals surface area contributed by atoms with Crippen LogP contribution in [0.2, 0.25) is 0 Å². The molecule has 2 heterocycles. The number of hydrogen-bond donors (Lipinski definition) is 1. The van der Waals surface area contributed by atoms with Crippen molar-refractivity contribution >= 4 is 0 Å². The van der Waals surface area contributed by atoms with E-state index in [1.54, 1.807) is 0 Å². The lowest BCUT2D eigenvalue weighted by atomic mass is 10.2. The topological polar surface area (TPSA) is 34.8 Å². The Morgan fingerprint density at radius 2 is 2.15 bits per heavy atom. The summed E-state index contributed by atoms with van der Waals surface area (Å²) in [5, 5.41) is 8.07. The molecule has 2 rings (SSSR count). The van der Waals surface area contributed by atoms with Gasteiger partial charge in [-0.3, -0.25) is 4.68 Å². The Kier molecular flexibility index (Phi) is 5.01. The van der Waals surface area contributed by atoms with E-state index in [4.69, 9.17) is 0 Å². The van der Waals surface area contributed by atoms with Gasteiger partial charge >= 0.3 is 0 Å². The van der Waals surface area contributed by atoms with Crippen molar-refractivity contribution in [2.24, 2.45) is 0 Å². The Balaban J connectivity index is 2.15. The number of rotatable bonds is 7. The molecule has 2 aromatic rings. The number of aryl methyl sites for hydroxylation is 2. The average molecular weight is 274 g/mol. The Morgan fingerprint density at radius 1 is 1.35 bits per heavy atom. The molecule has 4 heteroatoms. The van der Waals surface area contributed by atoms with Gasteiger partial charge in [0.05, 0.1) is 17.9 Å². The summed E-state index contributed by atoms with van der Waals surface area (Å²) >= 11 is 0. The van der Waals surface area contributed by atoms with E-state index < -0.39 is 0 Å². The highest BCUT2D eigenvalue weighted by Gasteiger charge is 2.11. The van der Waals surface area contributed by atoms with Gasteiger partial charge in [0, 0.05) is 24.5 Å². The fraction of sp³-hybridized carbons (Fsp3) is 0.562. The minimum atomic E-state index is 0.379. The van der Waals surface area contributed by atoms with Crippen LogP contribution in [-0.4, -0.2) is 20.9 Å². The zero-order chi connectivity index (χ0) is 14.5. The van der Waals surface area contributed by atoms with Crippen molar-refractivity contribution in [1.29, 1.82) is 0 Å². The lowest BCUT2D eigenvalue weighted by Gasteiger charge is -2.17. The molecule has 2 aromatic heterocycles. The van der Waals surface area contributed by atoms with Crippen LogP contribution in [0.3, 0.4) is 0 Å². The van der Waals surface area contributed by atoms with Crippen LogP contribution in [0.25, 0.3) is 0 Å². The van der Waals surface area contributed by atoms with Gasteiger partial charge in [-0.25, -0.2) is 0 Å². The van der Waals surface area contributed by atoms with Crippen molar-refractivity contribution in [1.82, 2.24) is 19.7 Å². The molecule has 0 spiro atoms. The summed E-state index contributed by atoms with van der Waals surface area (Å²) in [6.07, 6.45) is 3.31. The zero-order valence-corrected chi connectivity index (χ0v) is 13.1. The molecule has 0 amide bonds. The quantitative estimate of drug-likeness (QED) is 0.842. The van der Waals surface area contributed by atoms with E-state index >= 15 is 0 Å². The maximum absolute atomic E-state index is 4.52. The summed E-state index contributed by atoms with van der Waals surface area (Å²) in [6.45, 7) is 11.5. The molecule has 1 unspecified atom stereocenters. The van der Waals surface area contributed by atoms with Crippen LogP contribution in [0.15, 0.2) is 24.4 Å². The van der Waals surface area contributed by atoms with E-state index in [0.29, 0.717) is 6.04 Å². The highest BCUT2D eigenvalue weighted by atomic mass is 15.3. The van der Waals surface area contributed by atoms with Crippen molar-refractivity contribution in [2.75, 3.05) is 6.54 Å². The van der Waals surface area contributed by atoms with Crippen LogP contribution in [0.4, 0.5) is 0 Å². The molecule has 0 saturated carbocycles.